The average Bonchev–Trinajstić information content (AvgIpc) is 3.04. The summed E-state index contributed by atoms with van der Waals surface area (Å²) in [5, 5.41) is 10.2. The van der Waals surface area contributed by atoms with Gasteiger partial charge in [0.25, 0.3) is 10.0 Å². The third-order valence-electron chi connectivity index (χ3n) is 8.97. The molecule has 2 N–H and O–H groups in total. The summed E-state index contributed by atoms with van der Waals surface area (Å²) in [7, 11) is -6.62. The highest BCUT2D eigenvalue weighted by atomic mass is 32.3. The molecule has 0 saturated heterocycles. The van der Waals surface area contributed by atoms with Gasteiger partial charge in [-0.25, -0.2) is 8.42 Å². The molecule has 264 valence electrons. The van der Waals surface area contributed by atoms with Gasteiger partial charge in [-0.3, -0.25) is 0 Å². The standard InChI is InChI=1S/C36H49FN2O7S2/c1-6-31(34-14-12-30(13-15-34)27-39(20-22-45-4,21-23-46-5)26-29(3)40)25-35(33-10-8-7-9-11-33)24-28(2)32-16-18-36(19-17-32)47(41,42)38-48(37,43)44/h7-19,28,31,35,38H,3,6,20-27H2,1-2,4-5H3/p+1. The van der Waals surface area contributed by atoms with E-state index >= 15 is 0 Å². The van der Waals surface area contributed by atoms with Crippen molar-refractivity contribution in [1.82, 2.24) is 4.13 Å². The highest BCUT2D eigenvalue weighted by Gasteiger charge is 2.29. The molecule has 0 radical (unpaired) electrons. The molecule has 3 aromatic carbocycles. The van der Waals surface area contributed by atoms with Crippen LogP contribution in [0.2, 0.25) is 0 Å². The van der Waals surface area contributed by atoms with Crippen LogP contribution in [0.4, 0.5) is 3.89 Å². The fourth-order valence-electron chi connectivity index (χ4n) is 6.42. The second-order valence-corrected chi connectivity index (χ2v) is 15.6. The van der Waals surface area contributed by atoms with Crippen molar-refractivity contribution in [3.8, 4) is 0 Å². The molecule has 0 bridgehead atoms. The number of sulfonamides is 1. The number of quaternary nitrogens is 1. The summed E-state index contributed by atoms with van der Waals surface area (Å²) in [6.45, 7) is 11.7. The monoisotopic (exact) mass is 705 g/mol. The zero-order chi connectivity index (χ0) is 35.4. The lowest BCUT2D eigenvalue weighted by Crippen LogP contribution is -2.52. The molecule has 0 spiro atoms. The van der Waals surface area contributed by atoms with Crippen LogP contribution in [-0.4, -0.2) is 73.5 Å². The van der Waals surface area contributed by atoms with E-state index in [9.17, 15) is 25.8 Å². The fourth-order valence-corrected chi connectivity index (χ4v) is 8.34. The van der Waals surface area contributed by atoms with E-state index in [-0.39, 0.29) is 28.4 Å². The summed E-state index contributed by atoms with van der Waals surface area (Å²) in [5.74, 6) is 0.680. The largest absolute Gasteiger partial charge is 0.507 e. The number of rotatable bonds is 21. The molecule has 0 aliphatic heterocycles. The normalized spacial score (nSPS) is 14.4. The molecule has 0 heterocycles. The first kappa shape index (κ1) is 39.3. The highest BCUT2D eigenvalue weighted by Crippen LogP contribution is 2.38. The van der Waals surface area contributed by atoms with Crippen LogP contribution in [0.15, 0.2) is 96.1 Å². The van der Waals surface area contributed by atoms with E-state index in [1.54, 1.807) is 26.4 Å². The van der Waals surface area contributed by atoms with Gasteiger partial charge in [0.1, 0.15) is 31.9 Å². The molecule has 0 aromatic heterocycles. The Morgan fingerprint density at radius 1 is 0.833 bits per heavy atom. The predicted molar refractivity (Wildman–Crippen MR) is 187 cm³/mol. The minimum atomic E-state index is -5.42. The average molecular weight is 706 g/mol. The molecule has 12 heteroatoms. The van der Waals surface area contributed by atoms with Gasteiger partial charge >= 0.3 is 10.4 Å². The van der Waals surface area contributed by atoms with E-state index < -0.39 is 20.4 Å². The van der Waals surface area contributed by atoms with E-state index in [1.165, 1.54) is 23.3 Å². The number of aliphatic hydroxyl groups is 1. The lowest BCUT2D eigenvalue weighted by molar-refractivity contribution is -0.938. The molecule has 3 unspecified atom stereocenters. The Labute approximate surface area is 286 Å². The van der Waals surface area contributed by atoms with Crippen LogP contribution in [0.1, 0.15) is 73.1 Å². The van der Waals surface area contributed by atoms with Crippen molar-refractivity contribution in [2.24, 2.45) is 0 Å². The zero-order valence-electron chi connectivity index (χ0n) is 28.3. The molecule has 3 atom stereocenters. The maximum atomic E-state index is 13.0. The van der Waals surface area contributed by atoms with Gasteiger partial charge in [-0.05, 0) is 65.8 Å². The number of benzene rings is 3. The van der Waals surface area contributed by atoms with Gasteiger partial charge in [0, 0.05) is 19.8 Å². The van der Waals surface area contributed by atoms with Gasteiger partial charge in [0.2, 0.25) is 0 Å². The minimum absolute atomic E-state index is 0.0519. The summed E-state index contributed by atoms with van der Waals surface area (Å²) in [5.41, 5.74) is 4.52. The van der Waals surface area contributed by atoms with Gasteiger partial charge in [-0.1, -0.05) is 95.2 Å². The summed E-state index contributed by atoms with van der Waals surface area (Å²) >= 11 is 0. The van der Waals surface area contributed by atoms with Crippen molar-refractivity contribution in [2.75, 3.05) is 47.1 Å². The molecule has 48 heavy (non-hydrogen) atoms. The topological polar surface area (TPSA) is 119 Å². The molecular formula is C36H50FN2O7S2+. The number of hydrogen-bond donors (Lipinski definition) is 2. The highest BCUT2D eigenvalue weighted by molar-refractivity contribution is 8.02. The van der Waals surface area contributed by atoms with E-state index in [0.717, 1.165) is 34.5 Å². The first-order chi connectivity index (χ1) is 22.7. The summed E-state index contributed by atoms with van der Waals surface area (Å²) < 4.78 is 71.6. The van der Waals surface area contributed by atoms with Crippen molar-refractivity contribution in [1.29, 1.82) is 0 Å². The summed E-state index contributed by atoms with van der Waals surface area (Å²) in [4.78, 5) is -0.330. The van der Waals surface area contributed by atoms with E-state index in [2.05, 4.69) is 56.8 Å². The molecule has 0 aliphatic rings. The third kappa shape index (κ3) is 12.1. The molecule has 3 rings (SSSR count). The van der Waals surface area contributed by atoms with Gasteiger partial charge in [-0.2, -0.15) is 8.42 Å². The first-order valence-corrected chi connectivity index (χ1v) is 19.0. The Balaban J connectivity index is 1.82. The Kier molecular flexibility index (Phi) is 14.8. The molecule has 0 fully saturated rings. The maximum Gasteiger partial charge on any atom is 0.385 e. The van der Waals surface area contributed by atoms with E-state index in [0.29, 0.717) is 43.9 Å². The Morgan fingerprint density at radius 2 is 1.38 bits per heavy atom. The minimum Gasteiger partial charge on any atom is -0.507 e. The smallest absolute Gasteiger partial charge is 0.385 e. The van der Waals surface area contributed by atoms with Crippen molar-refractivity contribution in [3.63, 3.8) is 0 Å². The maximum absolute atomic E-state index is 13.0. The van der Waals surface area contributed by atoms with Gasteiger partial charge in [0.15, 0.2) is 0 Å². The number of halogens is 1. The van der Waals surface area contributed by atoms with E-state index in [4.69, 9.17) is 9.47 Å². The Bertz CT molecular complexity index is 1640. The van der Waals surface area contributed by atoms with Crippen LogP contribution >= 0.6 is 0 Å². The second kappa shape index (κ2) is 18.0. The molecular weight excluding hydrogens is 656 g/mol. The van der Waals surface area contributed by atoms with E-state index in [1.807, 2.05) is 18.2 Å². The van der Waals surface area contributed by atoms with Crippen LogP contribution in [0, 0.1) is 0 Å². The van der Waals surface area contributed by atoms with Crippen molar-refractivity contribution >= 4 is 20.4 Å². The van der Waals surface area contributed by atoms with Gasteiger partial charge < -0.3 is 19.1 Å². The summed E-state index contributed by atoms with van der Waals surface area (Å²) in [6.07, 6.45) is 2.65. The van der Waals surface area contributed by atoms with Gasteiger partial charge in [0.05, 0.1) is 18.1 Å². The molecule has 3 aromatic rings. The quantitative estimate of drug-likeness (QED) is 0.0718. The second-order valence-electron chi connectivity index (χ2n) is 12.6. The number of nitrogens with one attached hydrogen (secondary N) is 1. The molecule has 9 nitrogen and oxygen atoms in total. The number of aliphatic hydroxyl groups excluding tert-OH is 1. The molecule has 0 amide bonds. The van der Waals surface area contributed by atoms with Crippen molar-refractivity contribution < 1.29 is 39.8 Å². The number of ether oxygens (including phenoxy) is 2. The lowest BCUT2D eigenvalue weighted by Gasteiger charge is -2.38. The number of nitrogens with zero attached hydrogens (tertiary/aromatic N) is 1. The fraction of sp³-hybridized carbons (Fsp3) is 0.444. The molecule has 0 aliphatic carbocycles. The van der Waals surface area contributed by atoms with Crippen LogP contribution in [-0.2, 0) is 36.5 Å². The lowest BCUT2D eigenvalue weighted by atomic mass is 9.78. The summed E-state index contributed by atoms with van der Waals surface area (Å²) in [6, 6.07) is 25.0. The Hall–Kier alpha value is -3.13. The number of methoxy groups -OCH3 is 2. The predicted octanol–water partition coefficient (Wildman–Crippen LogP) is 6.72. The van der Waals surface area contributed by atoms with Crippen LogP contribution in [0.3, 0.4) is 0 Å². The Morgan fingerprint density at radius 3 is 1.88 bits per heavy atom. The van der Waals surface area contributed by atoms with Gasteiger partial charge in [-0.15, -0.1) is 0 Å². The third-order valence-corrected chi connectivity index (χ3v) is 11.5. The van der Waals surface area contributed by atoms with Crippen LogP contribution in [0.5, 0.6) is 0 Å². The first-order valence-electron chi connectivity index (χ1n) is 16.1. The van der Waals surface area contributed by atoms with Crippen molar-refractivity contribution in [2.45, 2.75) is 62.3 Å². The zero-order valence-corrected chi connectivity index (χ0v) is 30.0. The van der Waals surface area contributed by atoms with Crippen molar-refractivity contribution in [3.05, 3.63) is 113 Å². The van der Waals surface area contributed by atoms with Crippen LogP contribution < -0.4 is 4.13 Å². The van der Waals surface area contributed by atoms with Crippen LogP contribution in [0.25, 0.3) is 0 Å². The SMILES string of the molecule is C=C(O)C[N+](CCOC)(CCOC)Cc1ccc(C(CC)CC(CC(C)c2ccc(S(=O)(=O)NS(=O)(=O)F)cc2)c2ccccc2)cc1. The number of hydrogen-bond acceptors (Lipinski definition) is 7. The molecule has 0 saturated carbocycles.